The van der Waals surface area contributed by atoms with E-state index < -0.39 is 0 Å². The van der Waals surface area contributed by atoms with E-state index in [1.807, 2.05) is 13.0 Å². The van der Waals surface area contributed by atoms with Gasteiger partial charge in [-0.1, -0.05) is 13.8 Å². The molecule has 1 aromatic carbocycles. The van der Waals surface area contributed by atoms with E-state index in [1.54, 1.807) is 0 Å². The van der Waals surface area contributed by atoms with E-state index in [0.29, 0.717) is 23.0 Å². The van der Waals surface area contributed by atoms with Crippen LogP contribution < -0.4 is 10.6 Å². The van der Waals surface area contributed by atoms with Crippen molar-refractivity contribution in [3.8, 4) is 6.07 Å². The summed E-state index contributed by atoms with van der Waals surface area (Å²) in [5.41, 5.74) is 0.870. The van der Waals surface area contributed by atoms with Crippen LogP contribution in [0.4, 0.5) is 4.39 Å². The molecule has 0 fully saturated rings. The predicted molar refractivity (Wildman–Crippen MR) is 98.8 cm³/mol. The number of aliphatic imine (C=N–C) groups is 1. The second-order valence-corrected chi connectivity index (χ2v) is 5.22. The highest BCUT2D eigenvalue weighted by atomic mass is 127. The van der Waals surface area contributed by atoms with Crippen LogP contribution in [0.2, 0.25) is 0 Å². The SMILES string of the molecule is CCNC(=NCc1cc(C#N)ccc1F)NCCC(C)C.I. The van der Waals surface area contributed by atoms with E-state index in [-0.39, 0.29) is 36.3 Å². The molecule has 0 atom stereocenters. The normalized spacial score (nSPS) is 10.8. The van der Waals surface area contributed by atoms with Gasteiger partial charge >= 0.3 is 0 Å². The molecule has 0 spiro atoms. The molecule has 2 N–H and O–H groups in total. The summed E-state index contributed by atoms with van der Waals surface area (Å²) in [5.74, 6) is 0.945. The Morgan fingerprint density at radius 1 is 1.36 bits per heavy atom. The zero-order chi connectivity index (χ0) is 15.7. The van der Waals surface area contributed by atoms with Crippen LogP contribution in [0.1, 0.15) is 38.3 Å². The summed E-state index contributed by atoms with van der Waals surface area (Å²) in [5, 5.41) is 15.2. The fourth-order valence-electron chi connectivity index (χ4n) is 1.75. The van der Waals surface area contributed by atoms with E-state index in [0.717, 1.165) is 19.5 Å². The lowest BCUT2D eigenvalue weighted by molar-refractivity contribution is 0.573. The van der Waals surface area contributed by atoms with Crippen molar-refractivity contribution in [2.45, 2.75) is 33.7 Å². The minimum Gasteiger partial charge on any atom is -0.357 e. The minimum atomic E-state index is -0.337. The largest absolute Gasteiger partial charge is 0.357 e. The van der Waals surface area contributed by atoms with Gasteiger partial charge in [0.1, 0.15) is 5.82 Å². The van der Waals surface area contributed by atoms with E-state index in [1.165, 1.54) is 18.2 Å². The van der Waals surface area contributed by atoms with Crippen LogP contribution in [0.5, 0.6) is 0 Å². The molecule has 0 saturated heterocycles. The van der Waals surface area contributed by atoms with E-state index >= 15 is 0 Å². The maximum atomic E-state index is 13.7. The van der Waals surface area contributed by atoms with Gasteiger partial charge in [0.05, 0.1) is 18.2 Å². The third kappa shape index (κ3) is 7.59. The van der Waals surface area contributed by atoms with Crippen molar-refractivity contribution in [1.29, 1.82) is 5.26 Å². The zero-order valence-electron chi connectivity index (χ0n) is 13.3. The molecular formula is C16H24FIN4. The number of hydrogen-bond acceptors (Lipinski definition) is 2. The van der Waals surface area contributed by atoms with Gasteiger partial charge in [0.15, 0.2) is 5.96 Å². The molecule has 0 radical (unpaired) electrons. The molecule has 1 aromatic rings. The summed E-state index contributed by atoms with van der Waals surface area (Å²) in [6.45, 7) is 8.08. The van der Waals surface area contributed by atoms with E-state index in [2.05, 4.69) is 29.5 Å². The van der Waals surface area contributed by atoms with Gasteiger partial charge in [0.25, 0.3) is 0 Å². The van der Waals surface area contributed by atoms with Crippen LogP contribution in [0.25, 0.3) is 0 Å². The molecule has 0 heterocycles. The van der Waals surface area contributed by atoms with Crippen LogP contribution in [0.15, 0.2) is 23.2 Å². The van der Waals surface area contributed by atoms with Gasteiger partial charge in [-0.25, -0.2) is 9.38 Å². The quantitative estimate of drug-likeness (QED) is 0.423. The molecule has 0 aliphatic carbocycles. The number of halogens is 2. The van der Waals surface area contributed by atoms with Crippen molar-refractivity contribution in [3.05, 3.63) is 35.1 Å². The summed E-state index contributed by atoms with van der Waals surface area (Å²) in [6.07, 6.45) is 1.04. The Bertz CT molecular complexity index is 523. The molecule has 22 heavy (non-hydrogen) atoms. The van der Waals surface area contributed by atoms with Crippen molar-refractivity contribution in [2.75, 3.05) is 13.1 Å². The lowest BCUT2D eigenvalue weighted by Gasteiger charge is -2.12. The molecule has 0 aliphatic heterocycles. The first-order valence-corrected chi connectivity index (χ1v) is 7.27. The van der Waals surface area contributed by atoms with Gasteiger partial charge in [-0.2, -0.15) is 5.26 Å². The molecule has 0 saturated carbocycles. The zero-order valence-corrected chi connectivity index (χ0v) is 15.6. The van der Waals surface area contributed by atoms with Gasteiger partial charge in [0, 0.05) is 18.7 Å². The summed E-state index contributed by atoms with van der Waals surface area (Å²) in [7, 11) is 0. The van der Waals surface area contributed by atoms with Crippen molar-refractivity contribution in [3.63, 3.8) is 0 Å². The Morgan fingerprint density at radius 3 is 2.68 bits per heavy atom. The summed E-state index contributed by atoms with van der Waals surface area (Å²) >= 11 is 0. The van der Waals surface area contributed by atoms with E-state index in [9.17, 15) is 4.39 Å². The number of benzene rings is 1. The maximum absolute atomic E-state index is 13.7. The van der Waals surface area contributed by atoms with Crippen molar-refractivity contribution >= 4 is 29.9 Å². The monoisotopic (exact) mass is 418 g/mol. The van der Waals surface area contributed by atoms with Crippen LogP contribution in [0, 0.1) is 23.1 Å². The molecule has 0 bridgehead atoms. The Labute approximate surface area is 149 Å². The number of nitrogens with one attached hydrogen (secondary N) is 2. The Kier molecular flexibility index (Phi) is 10.5. The summed E-state index contributed by atoms with van der Waals surface area (Å²) in [4.78, 5) is 4.36. The number of hydrogen-bond donors (Lipinski definition) is 2. The lowest BCUT2D eigenvalue weighted by atomic mass is 10.1. The molecule has 6 heteroatoms. The van der Waals surface area contributed by atoms with Gasteiger partial charge in [-0.05, 0) is 37.5 Å². The van der Waals surface area contributed by atoms with Crippen LogP contribution in [-0.2, 0) is 6.54 Å². The first-order chi connectivity index (χ1) is 10.1. The Hall–Kier alpha value is -1.36. The second-order valence-electron chi connectivity index (χ2n) is 5.22. The highest BCUT2D eigenvalue weighted by Crippen LogP contribution is 2.11. The van der Waals surface area contributed by atoms with Crippen molar-refractivity contribution in [1.82, 2.24) is 10.6 Å². The third-order valence-electron chi connectivity index (χ3n) is 2.94. The number of nitriles is 1. The predicted octanol–water partition coefficient (Wildman–Crippen LogP) is 3.42. The average molecular weight is 418 g/mol. The molecule has 1 rings (SSSR count). The first kappa shape index (κ1) is 20.6. The van der Waals surface area contributed by atoms with Gasteiger partial charge < -0.3 is 10.6 Å². The lowest BCUT2D eigenvalue weighted by Crippen LogP contribution is -2.38. The molecule has 0 aromatic heterocycles. The minimum absolute atomic E-state index is 0. The third-order valence-corrected chi connectivity index (χ3v) is 2.94. The van der Waals surface area contributed by atoms with Gasteiger partial charge in [0.2, 0.25) is 0 Å². The molecular weight excluding hydrogens is 394 g/mol. The van der Waals surface area contributed by atoms with Gasteiger partial charge in [-0.15, -0.1) is 24.0 Å². The van der Waals surface area contributed by atoms with Gasteiger partial charge in [-0.3, -0.25) is 0 Å². The van der Waals surface area contributed by atoms with E-state index in [4.69, 9.17) is 5.26 Å². The van der Waals surface area contributed by atoms with Crippen LogP contribution in [-0.4, -0.2) is 19.0 Å². The molecule has 0 aliphatic rings. The fraction of sp³-hybridized carbons (Fsp3) is 0.500. The number of rotatable bonds is 6. The molecule has 0 amide bonds. The summed E-state index contributed by atoms with van der Waals surface area (Å²) in [6, 6.07) is 6.32. The molecule has 122 valence electrons. The van der Waals surface area contributed by atoms with Crippen molar-refractivity contribution < 1.29 is 4.39 Å². The summed E-state index contributed by atoms with van der Waals surface area (Å²) < 4.78 is 13.7. The highest BCUT2D eigenvalue weighted by molar-refractivity contribution is 14.0. The smallest absolute Gasteiger partial charge is 0.191 e. The molecule has 4 nitrogen and oxygen atoms in total. The first-order valence-electron chi connectivity index (χ1n) is 7.27. The topological polar surface area (TPSA) is 60.2 Å². The van der Waals surface area contributed by atoms with Crippen molar-refractivity contribution in [2.24, 2.45) is 10.9 Å². The van der Waals surface area contributed by atoms with Crippen LogP contribution in [0.3, 0.4) is 0 Å². The van der Waals surface area contributed by atoms with Crippen LogP contribution >= 0.6 is 24.0 Å². The molecule has 0 unspecified atom stereocenters. The average Bonchev–Trinajstić information content (AvgIpc) is 2.45. The second kappa shape index (κ2) is 11.2. The Morgan fingerprint density at radius 2 is 2.09 bits per heavy atom. The fourth-order valence-corrected chi connectivity index (χ4v) is 1.75. The Balaban J connectivity index is 0.00000441. The number of nitrogens with zero attached hydrogens (tertiary/aromatic N) is 2. The highest BCUT2D eigenvalue weighted by Gasteiger charge is 2.04. The maximum Gasteiger partial charge on any atom is 0.191 e. The standard InChI is InChI=1S/C16H23FN4.HI/c1-4-19-16(20-8-7-12(2)3)21-11-14-9-13(10-18)5-6-15(14)17;/h5-6,9,12H,4,7-8,11H2,1-3H3,(H2,19,20,21);1H. The number of guanidine groups is 1.